The van der Waals surface area contributed by atoms with E-state index >= 15 is 0 Å². The molecule has 0 aliphatic carbocycles. The second-order valence-electron chi connectivity index (χ2n) is 6.12. The highest BCUT2D eigenvalue weighted by molar-refractivity contribution is 6.33. The molecule has 0 radical (unpaired) electrons. The Bertz CT molecular complexity index is 1010. The first-order chi connectivity index (χ1) is 14.0. The lowest BCUT2D eigenvalue weighted by molar-refractivity contribution is 0.0697. The van der Waals surface area contributed by atoms with Crippen LogP contribution in [0.4, 0.5) is 5.69 Å². The molecule has 3 rings (SSSR count). The number of aromatic carboxylic acids is 1. The number of ether oxygens (including phenoxy) is 2. The van der Waals surface area contributed by atoms with Gasteiger partial charge in [0.15, 0.2) is 11.5 Å². The molecule has 1 aromatic heterocycles. The monoisotopic (exact) mass is 432 g/mol. The number of rotatable bonds is 8. The standard InChI is InChI=1S/C21H18Cl2N2O4/c1-28-19-8-13(10-24-17-9-15(21(26)27)4-5-16(17)22)2-6-18(19)29-12-14-3-7-20(23)25-11-14/h2-9,11,24H,10,12H2,1H3,(H,26,27). The van der Waals surface area contributed by atoms with Crippen molar-refractivity contribution in [3.8, 4) is 11.5 Å². The van der Waals surface area contributed by atoms with E-state index in [0.717, 1.165) is 11.1 Å². The summed E-state index contributed by atoms with van der Waals surface area (Å²) in [7, 11) is 1.57. The molecule has 0 fully saturated rings. The summed E-state index contributed by atoms with van der Waals surface area (Å²) >= 11 is 11.9. The summed E-state index contributed by atoms with van der Waals surface area (Å²) < 4.78 is 11.2. The molecule has 0 atom stereocenters. The van der Waals surface area contributed by atoms with Gasteiger partial charge in [0.05, 0.1) is 23.4 Å². The van der Waals surface area contributed by atoms with Crippen LogP contribution in [0.3, 0.4) is 0 Å². The molecule has 29 heavy (non-hydrogen) atoms. The van der Waals surface area contributed by atoms with Crippen LogP contribution in [0.25, 0.3) is 0 Å². The summed E-state index contributed by atoms with van der Waals surface area (Å²) in [4.78, 5) is 15.2. The number of hydrogen-bond acceptors (Lipinski definition) is 5. The van der Waals surface area contributed by atoms with Gasteiger partial charge in [-0.1, -0.05) is 35.3 Å². The molecule has 0 saturated carbocycles. The number of anilines is 1. The van der Waals surface area contributed by atoms with Gasteiger partial charge in [-0.2, -0.15) is 0 Å². The van der Waals surface area contributed by atoms with E-state index in [0.29, 0.717) is 40.5 Å². The predicted molar refractivity (Wildman–Crippen MR) is 112 cm³/mol. The first-order valence-electron chi connectivity index (χ1n) is 8.63. The molecule has 0 aliphatic rings. The van der Waals surface area contributed by atoms with Crippen molar-refractivity contribution in [3.63, 3.8) is 0 Å². The van der Waals surface area contributed by atoms with Crippen molar-refractivity contribution in [1.29, 1.82) is 0 Å². The molecule has 3 aromatic rings. The van der Waals surface area contributed by atoms with Gasteiger partial charge >= 0.3 is 5.97 Å². The molecule has 2 N–H and O–H groups in total. The largest absolute Gasteiger partial charge is 0.493 e. The molecule has 0 aliphatic heterocycles. The molecular weight excluding hydrogens is 415 g/mol. The van der Waals surface area contributed by atoms with Crippen LogP contribution >= 0.6 is 23.2 Å². The fourth-order valence-corrected chi connectivity index (χ4v) is 2.88. The van der Waals surface area contributed by atoms with Crippen LogP contribution in [0.15, 0.2) is 54.7 Å². The van der Waals surface area contributed by atoms with Crippen LogP contribution in [-0.4, -0.2) is 23.2 Å². The van der Waals surface area contributed by atoms with E-state index in [2.05, 4.69) is 10.3 Å². The number of carboxylic acids is 1. The number of nitrogens with one attached hydrogen (secondary N) is 1. The van der Waals surface area contributed by atoms with Crippen molar-refractivity contribution in [2.75, 3.05) is 12.4 Å². The van der Waals surface area contributed by atoms with Gasteiger partial charge in [-0.3, -0.25) is 0 Å². The Morgan fingerprint density at radius 3 is 2.55 bits per heavy atom. The Morgan fingerprint density at radius 2 is 1.86 bits per heavy atom. The minimum absolute atomic E-state index is 0.162. The normalized spacial score (nSPS) is 10.4. The first kappa shape index (κ1) is 20.8. The molecule has 0 saturated heterocycles. The van der Waals surface area contributed by atoms with Gasteiger partial charge < -0.3 is 19.9 Å². The maximum Gasteiger partial charge on any atom is 0.335 e. The number of methoxy groups -OCH3 is 1. The molecule has 0 unspecified atom stereocenters. The molecule has 8 heteroatoms. The Labute approximate surface area is 178 Å². The maximum atomic E-state index is 11.1. The predicted octanol–water partition coefficient (Wildman–Crippen LogP) is 5.29. The van der Waals surface area contributed by atoms with Gasteiger partial charge in [-0.05, 0) is 42.0 Å². The first-order valence-corrected chi connectivity index (χ1v) is 9.38. The number of carboxylic acid groups (broad SMARTS) is 1. The summed E-state index contributed by atoms with van der Waals surface area (Å²) in [6.45, 7) is 0.760. The molecule has 2 aromatic carbocycles. The van der Waals surface area contributed by atoms with Crippen molar-refractivity contribution < 1.29 is 19.4 Å². The van der Waals surface area contributed by atoms with Gasteiger partial charge in [-0.15, -0.1) is 0 Å². The summed E-state index contributed by atoms with van der Waals surface area (Å²) in [5.74, 6) is 0.164. The van der Waals surface area contributed by atoms with Crippen molar-refractivity contribution in [2.24, 2.45) is 0 Å². The zero-order valence-corrected chi connectivity index (χ0v) is 17.0. The number of aromatic nitrogens is 1. The summed E-state index contributed by atoms with van der Waals surface area (Å²) in [5.41, 5.74) is 2.50. The fraction of sp³-hybridized carbons (Fsp3) is 0.143. The van der Waals surface area contributed by atoms with E-state index < -0.39 is 5.97 Å². The SMILES string of the molecule is COc1cc(CNc2cc(C(=O)O)ccc2Cl)ccc1OCc1ccc(Cl)nc1. The lowest BCUT2D eigenvalue weighted by Gasteiger charge is -2.14. The van der Waals surface area contributed by atoms with Gasteiger partial charge in [0.2, 0.25) is 0 Å². The van der Waals surface area contributed by atoms with Crippen LogP contribution in [0.5, 0.6) is 11.5 Å². The van der Waals surface area contributed by atoms with Crippen LogP contribution in [0, 0.1) is 0 Å². The number of hydrogen-bond donors (Lipinski definition) is 2. The Hall–Kier alpha value is -2.96. The maximum absolute atomic E-state index is 11.1. The van der Waals surface area contributed by atoms with E-state index in [1.807, 2.05) is 24.3 Å². The van der Waals surface area contributed by atoms with Gasteiger partial charge in [0, 0.05) is 18.3 Å². The molecule has 0 bridgehead atoms. The number of carbonyl (C=O) groups is 1. The lowest BCUT2D eigenvalue weighted by atomic mass is 10.1. The quantitative estimate of drug-likeness (QED) is 0.470. The van der Waals surface area contributed by atoms with E-state index in [4.69, 9.17) is 37.8 Å². The second kappa shape index (κ2) is 9.49. The number of pyridine rings is 1. The Morgan fingerprint density at radius 1 is 1.07 bits per heavy atom. The highest BCUT2D eigenvalue weighted by Crippen LogP contribution is 2.30. The van der Waals surface area contributed by atoms with Crippen LogP contribution in [0.1, 0.15) is 21.5 Å². The van der Waals surface area contributed by atoms with Crippen molar-refractivity contribution in [1.82, 2.24) is 4.98 Å². The topological polar surface area (TPSA) is 80.7 Å². The molecule has 150 valence electrons. The van der Waals surface area contributed by atoms with Crippen molar-refractivity contribution >= 4 is 34.9 Å². The second-order valence-corrected chi connectivity index (χ2v) is 6.91. The highest BCUT2D eigenvalue weighted by atomic mass is 35.5. The number of benzene rings is 2. The summed E-state index contributed by atoms with van der Waals surface area (Å²) in [6.07, 6.45) is 1.65. The third kappa shape index (κ3) is 5.53. The van der Waals surface area contributed by atoms with E-state index in [9.17, 15) is 4.79 Å². The van der Waals surface area contributed by atoms with E-state index in [1.54, 1.807) is 25.4 Å². The number of nitrogens with zero attached hydrogens (tertiary/aromatic N) is 1. The Balaban J connectivity index is 1.68. The average Bonchev–Trinajstić information content (AvgIpc) is 2.72. The minimum atomic E-state index is -1.01. The van der Waals surface area contributed by atoms with Crippen LogP contribution in [0.2, 0.25) is 10.2 Å². The molecular formula is C21H18Cl2N2O4. The Kier molecular flexibility index (Phi) is 6.80. The van der Waals surface area contributed by atoms with Crippen molar-refractivity contribution in [2.45, 2.75) is 13.2 Å². The summed E-state index contributed by atoms with van der Waals surface area (Å²) in [5, 5.41) is 13.1. The van der Waals surface area contributed by atoms with Crippen LogP contribution < -0.4 is 14.8 Å². The highest BCUT2D eigenvalue weighted by Gasteiger charge is 2.09. The minimum Gasteiger partial charge on any atom is -0.493 e. The molecule has 1 heterocycles. The smallest absolute Gasteiger partial charge is 0.335 e. The van der Waals surface area contributed by atoms with Gasteiger partial charge in [0.1, 0.15) is 11.8 Å². The summed E-state index contributed by atoms with van der Waals surface area (Å²) in [6, 6.07) is 13.6. The average molecular weight is 433 g/mol. The third-order valence-electron chi connectivity index (χ3n) is 4.11. The zero-order chi connectivity index (χ0) is 20.8. The lowest BCUT2D eigenvalue weighted by Crippen LogP contribution is -2.04. The molecule has 0 amide bonds. The van der Waals surface area contributed by atoms with E-state index in [-0.39, 0.29) is 5.56 Å². The van der Waals surface area contributed by atoms with Crippen LogP contribution in [-0.2, 0) is 13.2 Å². The molecule has 6 nitrogen and oxygen atoms in total. The molecule has 0 spiro atoms. The number of halogens is 2. The van der Waals surface area contributed by atoms with E-state index in [1.165, 1.54) is 12.1 Å². The van der Waals surface area contributed by atoms with Gasteiger partial charge in [-0.25, -0.2) is 9.78 Å². The van der Waals surface area contributed by atoms with Crippen molar-refractivity contribution in [3.05, 3.63) is 81.6 Å². The third-order valence-corrected chi connectivity index (χ3v) is 4.66. The van der Waals surface area contributed by atoms with Gasteiger partial charge in [0.25, 0.3) is 0 Å². The fourth-order valence-electron chi connectivity index (χ4n) is 2.59. The zero-order valence-electron chi connectivity index (χ0n) is 15.5.